The van der Waals surface area contributed by atoms with E-state index >= 15 is 0 Å². The predicted octanol–water partition coefficient (Wildman–Crippen LogP) is 1.81. The summed E-state index contributed by atoms with van der Waals surface area (Å²) < 4.78 is 9.06. The van der Waals surface area contributed by atoms with Gasteiger partial charge in [-0.1, -0.05) is 22.6 Å². The molecular weight excluding hydrogens is 757 g/mol. The lowest BCUT2D eigenvalue weighted by atomic mass is 10.2. The van der Waals surface area contributed by atoms with Crippen LogP contribution in [0.1, 0.15) is 64.5 Å². The highest BCUT2D eigenvalue weighted by Crippen LogP contribution is 2.19. The highest BCUT2D eigenvalue weighted by atomic mass is 16.5. The fraction of sp³-hybridized carbons (Fsp3) is 0.375. The van der Waals surface area contributed by atoms with Crippen LogP contribution in [0.25, 0.3) is 11.4 Å². The summed E-state index contributed by atoms with van der Waals surface area (Å²) in [6, 6.07) is 17.1. The van der Waals surface area contributed by atoms with Crippen LogP contribution in [0.3, 0.4) is 0 Å². The smallest absolute Gasteiger partial charge is 0.270 e. The number of pyridine rings is 1. The summed E-state index contributed by atoms with van der Waals surface area (Å²) in [7, 11) is 3.93. The van der Waals surface area contributed by atoms with E-state index in [2.05, 4.69) is 57.5 Å². The van der Waals surface area contributed by atoms with Gasteiger partial charge in [-0.05, 0) is 95.7 Å². The zero-order valence-electron chi connectivity index (χ0n) is 33.0. The lowest BCUT2D eigenvalue weighted by Gasteiger charge is -2.12. The van der Waals surface area contributed by atoms with Gasteiger partial charge < -0.3 is 41.5 Å². The molecular formula is C40H48N14O5. The normalized spacial score (nSPS) is 16.2. The number of anilines is 2. The molecule has 2 saturated heterocycles. The molecule has 4 amide bonds. The molecule has 2 fully saturated rings. The fourth-order valence-electron chi connectivity index (χ4n) is 6.65. The summed E-state index contributed by atoms with van der Waals surface area (Å²) in [6.45, 7) is 2.87. The van der Waals surface area contributed by atoms with Crippen molar-refractivity contribution in [3.63, 3.8) is 0 Å². The summed E-state index contributed by atoms with van der Waals surface area (Å²) in [6.07, 6.45) is 7.61. The summed E-state index contributed by atoms with van der Waals surface area (Å²) in [4.78, 5) is 58.5. The maximum Gasteiger partial charge on any atom is 0.270 e. The largest absolute Gasteiger partial charge is 0.493 e. The Bertz CT molecular complexity index is 2110. The summed E-state index contributed by atoms with van der Waals surface area (Å²) in [5.74, 6) is -0.932. The molecule has 0 aliphatic carbocycles. The maximum atomic E-state index is 13.4. The van der Waals surface area contributed by atoms with E-state index < -0.39 is 11.8 Å². The van der Waals surface area contributed by atoms with Gasteiger partial charge in [0.1, 0.15) is 28.5 Å². The second-order valence-corrected chi connectivity index (χ2v) is 14.6. The number of aromatic nitrogens is 7. The highest BCUT2D eigenvalue weighted by molar-refractivity contribution is 5.97. The molecule has 6 N–H and O–H groups in total. The third-order valence-corrected chi connectivity index (χ3v) is 9.73. The first-order valence-corrected chi connectivity index (χ1v) is 19.6. The van der Waals surface area contributed by atoms with Crippen molar-refractivity contribution in [2.75, 3.05) is 51.0 Å². The van der Waals surface area contributed by atoms with Crippen LogP contribution in [-0.4, -0.2) is 116 Å². The minimum Gasteiger partial charge on any atom is -0.493 e. The van der Waals surface area contributed by atoms with E-state index in [0.717, 1.165) is 51.7 Å². The van der Waals surface area contributed by atoms with Crippen LogP contribution >= 0.6 is 0 Å². The topological polar surface area (TPSA) is 227 Å². The Morgan fingerprint density at radius 2 is 1.25 bits per heavy atom. The molecule has 5 aromatic rings. The first-order valence-electron chi connectivity index (χ1n) is 19.6. The number of nitrogens with one attached hydrogen (secondary N) is 6. The van der Waals surface area contributed by atoms with Gasteiger partial charge in [0, 0.05) is 30.1 Å². The van der Waals surface area contributed by atoms with Crippen LogP contribution in [0.15, 0.2) is 73.1 Å². The fourth-order valence-corrected chi connectivity index (χ4v) is 6.65. The number of ether oxygens (including phenoxy) is 1. The molecule has 19 heteroatoms. The molecule has 2 aliphatic rings. The summed E-state index contributed by atoms with van der Waals surface area (Å²) >= 11 is 0. The van der Waals surface area contributed by atoms with Crippen molar-refractivity contribution in [3.05, 3.63) is 95.8 Å². The van der Waals surface area contributed by atoms with Crippen molar-refractivity contribution in [3.8, 4) is 17.1 Å². The van der Waals surface area contributed by atoms with Gasteiger partial charge in [-0.2, -0.15) is 0 Å². The van der Waals surface area contributed by atoms with Gasteiger partial charge in [-0.15, -0.1) is 10.2 Å². The van der Waals surface area contributed by atoms with E-state index in [0.29, 0.717) is 46.5 Å². The van der Waals surface area contributed by atoms with Gasteiger partial charge in [0.15, 0.2) is 0 Å². The van der Waals surface area contributed by atoms with Crippen molar-refractivity contribution in [2.24, 2.45) is 0 Å². The standard InChI is InChI=1S/C40H48N14O5/c1-52(2)16-7-17-59-32-20-35(37(55)43-22-28-24-53(50-48-28)30-10-3-8-26(18-30)45-39(57)33-12-5-14-41-33)47-36(21-32)38(56)44-23-29-25-54(51-49-29)31-11-4-9-27(19-31)46-40(58)34-13-6-15-42-34/h3-4,8-11,18-21,24-25,33-34,41-42H,5-7,12-17,22-23H2,1-2H3,(H,43,55)(H,44,56)(H,45,57)(H,46,58)/t33-,34+. The molecule has 3 aromatic heterocycles. The molecule has 0 radical (unpaired) electrons. The monoisotopic (exact) mass is 804 g/mol. The SMILES string of the molecule is CN(C)CCCOc1cc(C(=O)NCc2cn(-c3cccc(NC(=O)[C@@H]4CCCN4)c3)nn2)nc(C(=O)NCc2cn(-c3cccc(NC(=O)[C@H]4CCCN4)c3)nn2)c1. The zero-order valence-corrected chi connectivity index (χ0v) is 33.0. The first-order chi connectivity index (χ1) is 28.7. The van der Waals surface area contributed by atoms with Crippen molar-refractivity contribution in [1.29, 1.82) is 0 Å². The minimum absolute atomic E-state index is 0.0190. The number of nitrogens with zero attached hydrogens (tertiary/aromatic N) is 8. The van der Waals surface area contributed by atoms with Gasteiger partial charge >= 0.3 is 0 Å². The van der Waals surface area contributed by atoms with Crippen LogP contribution in [0.2, 0.25) is 0 Å². The van der Waals surface area contributed by atoms with Crippen LogP contribution in [0.5, 0.6) is 5.75 Å². The van der Waals surface area contributed by atoms with E-state index in [1.165, 1.54) is 12.1 Å². The molecule has 0 saturated carbocycles. The summed E-state index contributed by atoms with van der Waals surface area (Å²) in [5, 5.41) is 34.7. The molecule has 2 aliphatic heterocycles. The highest BCUT2D eigenvalue weighted by Gasteiger charge is 2.23. The van der Waals surface area contributed by atoms with Crippen LogP contribution in [0, 0.1) is 0 Å². The second-order valence-electron chi connectivity index (χ2n) is 14.6. The lowest BCUT2D eigenvalue weighted by Crippen LogP contribution is -2.35. The number of rotatable bonds is 17. The lowest BCUT2D eigenvalue weighted by molar-refractivity contribution is -0.118. The Hall–Kier alpha value is -6.57. The molecule has 2 atom stereocenters. The molecule has 308 valence electrons. The van der Waals surface area contributed by atoms with Crippen molar-refractivity contribution < 1.29 is 23.9 Å². The van der Waals surface area contributed by atoms with Crippen molar-refractivity contribution in [2.45, 2.75) is 57.3 Å². The third-order valence-electron chi connectivity index (χ3n) is 9.73. The predicted molar refractivity (Wildman–Crippen MR) is 217 cm³/mol. The number of amides is 4. The van der Waals surface area contributed by atoms with Gasteiger partial charge in [0.25, 0.3) is 11.8 Å². The molecule has 59 heavy (non-hydrogen) atoms. The van der Waals surface area contributed by atoms with Crippen LogP contribution < -0.4 is 36.6 Å². The Morgan fingerprint density at radius 3 is 1.71 bits per heavy atom. The van der Waals surface area contributed by atoms with E-state index in [-0.39, 0.29) is 48.4 Å². The Kier molecular flexibility index (Phi) is 13.3. The average Bonchev–Trinajstić information content (AvgIpc) is 4.09. The number of hydrogen-bond donors (Lipinski definition) is 6. The Morgan fingerprint density at radius 1 is 0.746 bits per heavy atom. The first kappa shape index (κ1) is 40.6. The third kappa shape index (κ3) is 11.1. The van der Waals surface area contributed by atoms with Crippen molar-refractivity contribution in [1.82, 2.24) is 61.1 Å². The van der Waals surface area contributed by atoms with E-state index in [4.69, 9.17) is 4.74 Å². The van der Waals surface area contributed by atoms with Gasteiger partial charge in [-0.3, -0.25) is 19.2 Å². The summed E-state index contributed by atoms with van der Waals surface area (Å²) in [5.41, 5.74) is 3.54. The molecule has 0 bridgehead atoms. The van der Waals surface area contributed by atoms with E-state index in [9.17, 15) is 19.2 Å². The average molecular weight is 805 g/mol. The van der Waals surface area contributed by atoms with Crippen LogP contribution in [0.4, 0.5) is 11.4 Å². The van der Waals surface area contributed by atoms with E-state index in [1.54, 1.807) is 46.0 Å². The Labute approximate surface area is 340 Å². The van der Waals surface area contributed by atoms with Gasteiger partial charge in [-0.25, -0.2) is 14.3 Å². The number of hydrogen-bond acceptors (Lipinski definition) is 13. The number of benzene rings is 2. The molecule has 7 rings (SSSR count). The molecule has 0 spiro atoms. The van der Waals surface area contributed by atoms with E-state index in [1.807, 2.05) is 43.3 Å². The quantitative estimate of drug-likeness (QED) is 0.0739. The van der Waals surface area contributed by atoms with Crippen molar-refractivity contribution >= 4 is 35.0 Å². The zero-order chi connectivity index (χ0) is 41.1. The van der Waals surface area contributed by atoms with Crippen LogP contribution in [-0.2, 0) is 22.7 Å². The molecule has 0 unspecified atom stereocenters. The second kappa shape index (κ2) is 19.2. The minimum atomic E-state index is -0.543. The molecule has 2 aromatic carbocycles. The Balaban J connectivity index is 0.975. The maximum absolute atomic E-state index is 13.4. The van der Waals surface area contributed by atoms with Gasteiger partial charge in [0.2, 0.25) is 11.8 Å². The molecule has 5 heterocycles. The van der Waals surface area contributed by atoms with Gasteiger partial charge in [0.05, 0.1) is 55.5 Å². The molecule has 19 nitrogen and oxygen atoms in total. The number of carbonyl (C=O) groups excluding carboxylic acids is 4. The number of carbonyl (C=O) groups is 4.